The van der Waals surface area contributed by atoms with Crippen molar-refractivity contribution in [3.63, 3.8) is 0 Å². The molecule has 0 aliphatic heterocycles. The fourth-order valence-corrected chi connectivity index (χ4v) is 2.90. The van der Waals surface area contributed by atoms with E-state index in [-0.39, 0.29) is 0 Å². The van der Waals surface area contributed by atoms with E-state index in [0.29, 0.717) is 16.5 Å². The van der Waals surface area contributed by atoms with Crippen LogP contribution < -0.4 is 11.1 Å². The first-order valence-corrected chi connectivity index (χ1v) is 6.64. The van der Waals surface area contributed by atoms with Gasteiger partial charge in [0.2, 0.25) is 0 Å². The molecular weight excluding hydrogens is 234 g/mol. The molecule has 2 rings (SSSR count). The van der Waals surface area contributed by atoms with Crippen LogP contribution in [0.4, 0.5) is 10.7 Å². The zero-order valence-electron chi connectivity index (χ0n) is 9.95. The highest BCUT2D eigenvalue weighted by Crippen LogP contribution is 2.50. The Morgan fingerprint density at radius 3 is 2.94 bits per heavy atom. The minimum atomic E-state index is 0.568. The van der Waals surface area contributed by atoms with Crippen LogP contribution in [0.2, 0.25) is 0 Å². The van der Waals surface area contributed by atoms with E-state index >= 15 is 0 Å². The number of hydrogen-bond donors (Lipinski definition) is 2. The van der Waals surface area contributed by atoms with Crippen LogP contribution in [-0.4, -0.2) is 20.3 Å². The minimum Gasteiger partial charge on any atom is -0.397 e. The number of nitrogens with zero attached hydrogens (tertiary/aromatic N) is 1. The first-order valence-electron chi connectivity index (χ1n) is 5.83. The average Bonchev–Trinajstić information content (AvgIpc) is 3.10. The molecule has 0 atom stereocenters. The second-order valence-corrected chi connectivity index (χ2v) is 5.27. The van der Waals surface area contributed by atoms with E-state index in [1.54, 1.807) is 7.11 Å². The topological polar surface area (TPSA) is 71.1 Å². The van der Waals surface area contributed by atoms with Crippen LogP contribution in [0.25, 0.3) is 0 Å². The van der Waals surface area contributed by atoms with Crippen LogP contribution in [0.3, 0.4) is 0 Å². The third-order valence-corrected chi connectivity index (χ3v) is 3.97. The summed E-state index contributed by atoms with van der Waals surface area (Å²) in [5.74, 6) is 0.568. The maximum Gasteiger partial charge on any atom is 0.130 e. The Hall–Kier alpha value is -1.25. The van der Waals surface area contributed by atoms with Crippen molar-refractivity contribution in [3.05, 3.63) is 10.4 Å². The third kappa shape index (κ3) is 2.71. The van der Waals surface area contributed by atoms with Crippen molar-refractivity contribution in [1.82, 2.24) is 0 Å². The van der Waals surface area contributed by atoms with Gasteiger partial charge >= 0.3 is 0 Å². The molecule has 0 saturated heterocycles. The zero-order chi connectivity index (χ0) is 12.3. The summed E-state index contributed by atoms with van der Waals surface area (Å²) in [7, 11) is 1.70. The lowest BCUT2D eigenvalue weighted by Crippen LogP contribution is -2.05. The summed E-state index contributed by atoms with van der Waals surface area (Å²) in [5.41, 5.74) is 7.87. The Bertz CT molecular complexity index is 432. The Labute approximate surface area is 105 Å². The summed E-state index contributed by atoms with van der Waals surface area (Å²) in [6.45, 7) is 1.61. The van der Waals surface area contributed by atoms with E-state index in [2.05, 4.69) is 11.4 Å². The highest BCUT2D eigenvalue weighted by atomic mass is 32.1. The normalized spacial score (nSPS) is 14.6. The lowest BCUT2D eigenvalue weighted by molar-refractivity contribution is 0.198. The molecule has 3 N–H and O–H groups in total. The van der Waals surface area contributed by atoms with Gasteiger partial charge in [-0.3, -0.25) is 0 Å². The molecule has 1 fully saturated rings. The highest BCUT2D eigenvalue weighted by molar-refractivity contribution is 7.17. The lowest BCUT2D eigenvalue weighted by Gasteiger charge is -2.06. The molecule has 1 saturated carbocycles. The molecule has 1 heterocycles. The molecule has 17 heavy (non-hydrogen) atoms. The number of nitriles is 1. The van der Waals surface area contributed by atoms with Gasteiger partial charge in [-0.05, 0) is 25.2 Å². The van der Waals surface area contributed by atoms with E-state index in [0.717, 1.165) is 24.6 Å². The van der Waals surface area contributed by atoms with E-state index in [1.807, 2.05) is 0 Å². The van der Waals surface area contributed by atoms with Gasteiger partial charge in [0.1, 0.15) is 10.9 Å². The minimum absolute atomic E-state index is 0.568. The van der Waals surface area contributed by atoms with Crippen molar-refractivity contribution in [2.24, 2.45) is 0 Å². The Morgan fingerprint density at radius 2 is 2.35 bits per heavy atom. The number of rotatable bonds is 6. The molecule has 0 unspecified atom stereocenters. The van der Waals surface area contributed by atoms with Gasteiger partial charge in [-0.15, -0.1) is 11.3 Å². The molecule has 0 aromatic carbocycles. The fourth-order valence-electron chi connectivity index (χ4n) is 1.87. The maximum atomic E-state index is 9.00. The predicted octanol–water partition coefficient (Wildman–Crippen LogP) is 2.53. The average molecular weight is 251 g/mol. The van der Waals surface area contributed by atoms with Gasteiger partial charge in [-0.1, -0.05) is 0 Å². The van der Waals surface area contributed by atoms with Gasteiger partial charge in [0, 0.05) is 25.8 Å². The van der Waals surface area contributed by atoms with Crippen LogP contribution in [0.15, 0.2) is 0 Å². The van der Waals surface area contributed by atoms with E-state index in [1.165, 1.54) is 29.7 Å². The molecule has 1 aromatic heterocycles. The van der Waals surface area contributed by atoms with Crippen molar-refractivity contribution in [3.8, 4) is 6.07 Å². The van der Waals surface area contributed by atoms with Crippen molar-refractivity contribution in [1.29, 1.82) is 5.26 Å². The monoisotopic (exact) mass is 251 g/mol. The molecule has 0 bridgehead atoms. The third-order valence-electron chi connectivity index (χ3n) is 2.88. The number of nitrogens with two attached hydrogens (primary N) is 1. The van der Waals surface area contributed by atoms with E-state index in [9.17, 15) is 0 Å². The molecule has 4 nitrogen and oxygen atoms in total. The molecule has 1 aliphatic carbocycles. The first-order chi connectivity index (χ1) is 8.27. The predicted molar refractivity (Wildman–Crippen MR) is 70.4 cm³/mol. The molecule has 0 radical (unpaired) electrons. The van der Waals surface area contributed by atoms with Gasteiger partial charge in [0.15, 0.2) is 0 Å². The van der Waals surface area contributed by atoms with Gasteiger partial charge in [0.05, 0.1) is 10.7 Å². The molecule has 0 spiro atoms. The highest BCUT2D eigenvalue weighted by Gasteiger charge is 2.31. The SMILES string of the molecule is COCCCNc1sc(C#N)c(N)c1C1CC1. The van der Waals surface area contributed by atoms with Crippen molar-refractivity contribution in [2.45, 2.75) is 25.2 Å². The molecule has 1 aromatic rings. The van der Waals surface area contributed by atoms with Crippen LogP contribution >= 0.6 is 11.3 Å². The van der Waals surface area contributed by atoms with Crippen molar-refractivity contribution in [2.75, 3.05) is 31.3 Å². The van der Waals surface area contributed by atoms with Crippen LogP contribution in [0.1, 0.15) is 35.6 Å². The standard InChI is InChI=1S/C12H17N3OS/c1-16-6-2-5-15-12-10(8-3-4-8)11(14)9(7-13)17-12/h8,15H,2-6,14H2,1H3. The summed E-state index contributed by atoms with van der Waals surface area (Å²) in [6.07, 6.45) is 3.34. The van der Waals surface area contributed by atoms with Crippen molar-refractivity contribution >= 4 is 22.0 Å². The van der Waals surface area contributed by atoms with Gasteiger partial charge in [-0.2, -0.15) is 5.26 Å². The van der Waals surface area contributed by atoms with Crippen LogP contribution in [0, 0.1) is 11.3 Å². The lowest BCUT2D eigenvalue weighted by atomic mass is 10.1. The van der Waals surface area contributed by atoms with E-state index < -0.39 is 0 Å². The second kappa shape index (κ2) is 5.39. The molecule has 0 amide bonds. The summed E-state index contributed by atoms with van der Waals surface area (Å²) < 4.78 is 5.01. The van der Waals surface area contributed by atoms with Crippen molar-refractivity contribution < 1.29 is 4.74 Å². The Morgan fingerprint density at radius 1 is 1.59 bits per heavy atom. The summed E-state index contributed by atoms with van der Waals surface area (Å²) in [6, 6.07) is 2.17. The molecular formula is C12H17N3OS. The maximum absolute atomic E-state index is 9.00. The number of nitrogen functional groups attached to an aromatic ring is 1. The number of anilines is 2. The van der Waals surface area contributed by atoms with Gasteiger partial charge in [0.25, 0.3) is 0 Å². The van der Waals surface area contributed by atoms with Gasteiger partial charge in [-0.25, -0.2) is 0 Å². The summed E-state index contributed by atoms with van der Waals surface area (Å²) >= 11 is 1.47. The molecule has 5 heteroatoms. The Balaban J connectivity index is 2.07. The Kier molecular flexibility index (Phi) is 3.87. The quantitative estimate of drug-likeness (QED) is 0.762. The number of ether oxygens (including phenoxy) is 1. The number of nitrogens with one attached hydrogen (secondary N) is 1. The largest absolute Gasteiger partial charge is 0.397 e. The summed E-state index contributed by atoms with van der Waals surface area (Å²) in [5, 5.41) is 13.5. The van der Waals surface area contributed by atoms with Crippen LogP contribution in [-0.2, 0) is 4.74 Å². The number of methoxy groups -OCH3 is 1. The van der Waals surface area contributed by atoms with Crippen LogP contribution in [0.5, 0.6) is 0 Å². The number of thiophene rings is 1. The van der Waals surface area contributed by atoms with E-state index in [4.69, 9.17) is 15.7 Å². The second-order valence-electron chi connectivity index (χ2n) is 4.25. The molecule has 1 aliphatic rings. The molecule has 92 valence electrons. The zero-order valence-corrected chi connectivity index (χ0v) is 10.8. The number of hydrogen-bond acceptors (Lipinski definition) is 5. The summed E-state index contributed by atoms with van der Waals surface area (Å²) in [4.78, 5) is 0.640. The fraction of sp³-hybridized carbons (Fsp3) is 0.583. The van der Waals surface area contributed by atoms with Gasteiger partial charge < -0.3 is 15.8 Å². The smallest absolute Gasteiger partial charge is 0.130 e. The first kappa shape index (κ1) is 12.2.